The van der Waals surface area contributed by atoms with E-state index < -0.39 is 0 Å². The first-order chi connectivity index (χ1) is 9.49. The van der Waals surface area contributed by atoms with Gasteiger partial charge in [-0.1, -0.05) is 40.2 Å². The fourth-order valence-corrected chi connectivity index (χ4v) is 2.51. The first-order valence-corrected chi connectivity index (χ1v) is 7.04. The zero-order valence-electron chi connectivity index (χ0n) is 11.3. The summed E-state index contributed by atoms with van der Waals surface area (Å²) in [5, 5.41) is 14.3. The number of benzene rings is 2. The maximum Gasteiger partial charge on any atom is 0.293 e. The molecule has 0 saturated carbocycles. The molecule has 2 aromatic rings. The Hall–Kier alpha value is -1.88. The Balaban J connectivity index is 2.31. The van der Waals surface area contributed by atoms with E-state index in [-0.39, 0.29) is 16.7 Å². The van der Waals surface area contributed by atoms with Crippen LogP contribution in [0.3, 0.4) is 0 Å². The number of hydrogen-bond acceptors (Lipinski definition) is 3. The van der Waals surface area contributed by atoms with Crippen LogP contribution in [-0.4, -0.2) is 4.92 Å². The van der Waals surface area contributed by atoms with Gasteiger partial charge in [0.25, 0.3) is 5.69 Å². The molecule has 1 atom stereocenters. The smallest absolute Gasteiger partial charge is 0.293 e. The molecule has 0 saturated heterocycles. The van der Waals surface area contributed by atoms with E-state index in [1.807, 2.05) is 38.1 Å². The lowest BCUT2D eigenvalue weighted by Gasteiger charge is -2.17. The summed E-state index contributed by atoms with van der Waals surface area (Å²) in [7, 11) is 0. The van der Waals surface area contributed by atoms with Gasteiger partial charge >= 0.3 is 0 Å². The third-order valence-electron chi connectivity index (χ3n) is 3.18. The number of halogens is 1. The van der Waals surface area contributed by atoms with E-state index in [1.165, 1.54) is 6.07 Å². The highest BCUT2D eigenvalue weighted by molar-refractivity contribution is 9.10. The van der Waals surface area contributed by atoms with Gasteiger partial charge in [-0.2, -0.15) is 0 Å². The second kappa shape index (κ2) is 6.05. The normalized spacial score (nSPS) is 11.9. The predicted octanol–water partition coefficient (Wildman–Crippen LogP) is 4.84. The molecule has 2 aromatic carbocycles. The molecule has 1 unspecified atom stereocenters. The third kappa shape index (κ3) is 3.17. The molecule has 1 N–H and O–H groups in total. The molecule has 0 spiro atoms. The van der Waals surface area contributed by atoms with Gasteiger partial charge < -0.3 is 5.32 Å². The van der Waals surface area contributed by atoms with Crippen molar-refractivity contribution in [2.24, 2.45) is 0 Å². The third-order valence-corrected chi connectivity index (χ3v) is 3.68. The SMILES string of the molecule is Cc1ccccc1C(C)Nc1ccc(Br)cc1[N+](=O)[O-]. The Bertz CT molecular complexity index is 644. The van der Waals surface area contributed by atoms with Crippen molar-refractivity contribution in [2.75, 3.05) is 5.32 Å². The largest absolute Gasteiger partial charge is 0.373 e. The van der Waals surface area contributed by atoms with Crippen molar-refractivity contribution in [3.8, 4) is 0 Å². The number of nitro benzene ring substituents is 1. The minimum Gasteiger partial charge on any atom is -0.373 e. The molecule has 0 aliphatic heterocycles. The van der Waals surface area contributed by atoms with E-state index in [4.69, 9.17) is 0 Å². The maximum atomic E-state index is 11.1. The first-order valence-electron chi connectivity index (χ1n) is 6.25. The van der Waals surface area contributed by atoms with Crippen molar-refractivity contribution in [1.29, 1.82) is 0 Å². The van der Waals surface area contributed by atoms with E-state index in [0.717, 1.165) is 11.1 Å². The second-order valence-corrected chi connectivity index (χ2v) is 5.56. The van der Waals surface area contributed by atoms with Crippen molar-refractivity contribution in [1.82, 2.24) is 0 Å². The van der Waals surface area contributed by atoms with Gasteiger partial charge in [-0.15, -0.1) is 0 Å². The van der Waals surface area contributed by atoms with Gasteiger partial charge in [0.15, 0.2) is 0 Å². The van der Waals surface area contributed by atoms with E-state index in [9.17, 15) is 10.1 Å². The van der Waals surface area contributed by atoms with Gasteiger partial charge in [0.05, 0.1) is 4.92 Å². The van der Waals surface area contributed by atoms with Crippen molar-refractivity contribution >= 4 is 27.3 Å². The van der Waals surface area contributed by atoms with Gasteiger partial charge in [0.2, 0.25) is 0 Å². The topological polar surface area (TPSA) is 55.2 Å². The van der Waals surface area contributed by atoms with Crippen LogP contribution < -0.4 is 5.32 Å². The summed E-state index contributed by atoms with van der Waals surface area (Å²) in [5.74, 6) is 0. The molecular weight excluding hydrogens is 320 g/mol. The lowest BCUT2D eigenvalue weighted by Crippen LogP contribution is -2.09. The highest BCUT2D eigenvalue weighted by Gasteiger charge is 2.17. The Morgan fingerprint density at radius 2 is 1.95 bits per heavy atom. The molecule has 4 nitrogen and oxygen atoms in total. The van der Waals surface area contributed by atoms with E-state index >= 15 is 0 Å². The average molecular weight is 335 g/mol. The summed E-state index contributed by atoms with van der Waals surface area (Å²) in [5.41, 5.74) is 2.88. The number of nitro groups is 1. The first kappa shape index (κ1) is 14.5. The van der Waals surface area contributed by atoms with Crippen molar-refractivity contribution in [3.05, 3.63) is 68.2 Å². The summed E-state index contributed by atoms with van der Waals surface area (Å²) >= 11 is 3.26. The lowest BCUT2D eigenvalue weighted by atomic mass is 10.0. The molecule has 0 bridgehead atoms. The van der Waals surface area contributed by atoms with Crippen LogP contribution in [0.2, 0.25) is 0 Å². The number of nitrogens with zero attached hydrogens (tertiary/aromatic N) is 1. The minimum atomic E-state index is -0.377. The molecule has 0 fully saturated rings. The van der Waals surface area contributed by atoms with Gasteiger partial charge in [-0.3, -0.25) is 10.1 Å². The van der Waals surface area contributed by atoms with Crippen LogP contribution in [0.1, 0.15) is 24.1 Å². The summed E-state index contributed by atoms with van der Waals surface area (Å²) in [6.07, 6.45) is 0. The second-order valence-electron chi connectivity index (χ2n) is 4.64. The standard InChI is InChI=1S/C15H15BrN2O2/c1-10-5-3-4-6-13(10)11(2)17-14-8-7-12(16)9-15(14)18(19)20/h3-9,11,17H,1-2H3. The molecule has 0 radical (unpaired) electrons. The van der Waals surface area contributed by atoms with Crippen LogP contribution in [0.15, 0.2) is 46.9 Å². The quantitative estimate of drug-likeness (QED) is 0.642. The zero-order valence-corrected chi connectivity index (χ0v) is 12.8. The monoisotopic (exact) mass is 334 g/mol. The Morgan fingerprint density at radius 1 is 1.25 bits per heavy atom. The number of nitrogens with one attached hydrogen (secondary N) is 1. The fraction of sp³-hybridized carbons (Fsp3) is 0.200. The number of rotatable bonds is 4. The van der Waals surface area contributed by atoms with Crippen LogP contribution in [0.4, 0.5) is 11.4 Å². The highest BCUT2D eigenvalue weighted by Crippen LogP contribution is 2.31. The van der Waals surface area contributed by atoms with Gasteiger partial charge in [0, 0.05) is 16.6 Å². The summed E-state index contributed by atoms with van der Waals surface area (Å²) in [6.45, 7) is 4.03. The van der Waals surface area contributed by atoms with Crippen LogP contribution >= 0.6 is 15.9 Å². The van der Waals surface area contributed by atoms with Crippen LogP contribution in [0.25, 0.3) is 0 Å². The Morgan fingerprint density at radius 3 is 2.60 bits per heavy atom. The van der Waals surface area contributed by atoms with Gasteiger partial charge in [-0.25, -0.2) is 0 Å². The molecule has 20 heavy (non-hydrogen) atoms. The van der Waals surface area contributed by atoms with Gasteiger partial charge in [0.1, 0.15) is 5.69 Å². The van der Waals surface area contributed by atoms with Crippen LogP contribution in [0.5, 0.6) is 0 Å². The zero-order chi connectivity index (χ0) is 14.7. The molecule has 104 valence electrons. The number of aryl methyl sites for hydroxylation is 1. The molecule has 0 aliphatic carbocycles. The van der Waals surface area contributed by atoms with Crippen LogP contribution in [0, 0.1) is 17.0 Å². The molecule has 0 heterocycles. The lowest BCUT2D eigenvalue weighted by molar-refractivity contribution is -0.384. The number of anilines is 1. The highest BCUT2D eigenvalue weighted by atomic mass is 79.9. The Kier molecular flexibility index (Phi) is 4.39. The fourth-order valence-electron chi connectivity index (χ4n) is 2.16. The molecule has 0 aromatic heterocycles. The molecular formula is C15H15BrN2O2. The Labute approximate surface area is 126 Å². The average Bonchev–Trinajstić information content (AvgIpc) is 2.41. The maximum absolute atomic E-state index is 11.1. The summed E-state index contributed by atoms with van der Waals surface area (Å²) < 4.78 is 0.693. The summed E-state index contributed by atoms with van der Waals surface area (Å²) in [6, 6.07) is 13.0. The molecule has 0 aliphatic rings. The molecule has 5 heteroatoms. The van der Waals surface area contributed by atoms with Crippen molar-refractivity contribution in [2.45, 2.75) is 19.9 Å². The molecule has 2 rings (SSSR count). The summed E-state index contributed by atoms with van der Waals surface area (Å²) in [4.78, 5) is 10.7. The van der Waals surface area contributed by atoms with Gasteiger partial charge in [-0.05, 0) is 37.1 Å². The van der Waals surface area contributed by atoms with E-state index in [2.05, 4.69) is 21.2 Å². The van der Waals surface area contributed by atoms with E-state index in [1.54, 1.807) is 12.1 Å². The van der Waals surface area contributed by atoms with E-state index in [0.29, 0.717) is 10.2 Å². The molecule has 0 amide bonds. The predicted molar refractivity (Wildman–Crippen MR) is 84.0 cm³/mol. The van der Waals surface area contributed by atoms with Crippen molar-refractivity contribution in [3.63, 3.8) is 0 Å². The van der Waals surface area contributed by atoms with Crippen molar-refractivity contribution < 1.29 is 4.92 Å². The number of hydrogen-bond donors (Lipinski definition) is 1. The minimum absolute atomic E-state index is 0.00363. The van der Waals surface area contributed by atoms with Crippen LogP contribution in [-0.2, 0) is 0 Å².